The van der Waals surface area contributed by atoms with E-state index in [1.165, 1.54) is 19.3 Å². The molecule has 20 heavy (non-hydrogen) atoms. The SMILES string of the molecule is Nc1ccc2c(c1)N(C(=O)NC1CCCCC1)CCO2. The maximum absolute atomic E-state index is 12.5. The van der Waals surface area contributed by atoms with Crippen LogP contribution >= 0.6 is 0 Å². The van der Waals surface area contributed by atoms with Crippen molar-refractivity contribution in [2.45, 2.75) is 38.1 Å². The number of carbonyl (C=O) groups excluding carboxylic acids is 1. The Morgan fingerprint density at radius 3 is 2.90 bits per heavy atom. The largest absolute Gasteiger partial charge is 0.490 e. The number of hydrogen-bond donors (Lipinski definition) is 2. The second-order valence-electron chi connectivity index (χ2n) is 5.51. The van der Waals surface area contributed by atoms with Crippen LogP contribution in [0.4, 0.5) is 16.2 Å². The highest BCUT2D eigenvalue weighted by Gasteiger charge is 2.26. The minimum Gasteiger partial charge on any atom is -0.490 e. The zero-order valence-electron chi connectivity index (χ0n) is 11.6. The van der Waals surface area contributed by atoms with E-state index >= 15 is 0 Å². The summed E-state index contributed by atoms with van der Waals surface area (Å²) in [5.74, 6) is 0.726. The lowest BCUT2D eigenvalue weighted by atomic mass is 9.96. The van der Waals surface area contributed by atoms with Crippen LogP contribution in [0.1, 0.15) is 32.1 Å². The molecule has 3 N–H and O–H groups in total. The van der Waals surface area contributed by atoms with Crippen LogP contribution in [-0.4, -0.2) is 25.2 Å². The molecule has 0 bridgehead atoms. The number of carbonyl (C=O) groups is 1. The number of hydrogen-bond acceptors (Lipinski definition) is 3. The van der Waals surface area contributed by atoms with Gasteiger partial charge in [-0.15, -0.1) is 0 Å². The third-order valence-electron chi connectivity index (χ3n) is 4.02. The maximum atomic E-state index is 12.5. The van der Waals surface area contributed by atoms with Crippen molar-refractivity contribution in [2.24, 2.45) is 0 Å². The lowest BCUT2D eigenvalue weighted by Crippen LogP contribution is -2.48. The topological polar surface area (TPSA) is 67.6 Å². The van der Waals surface area contributed by atoms with Gasteiger partial charge in [0.1, 0.15) is 12.4 Å². The zero-order chi connectivity index (χ0) is 13.9. The minimum atomic E-state index is -0.0351. The van der Waals surface area contributed by atoms with E-state index in [1.807, 2.05) is 6.07 Å². The highest BCUT2D eigenvalue weighted by Crippen LogP contribution is 2.33. The first kappa shape index (κ1) is 13.1. The zero-order valence-corrected chi connectivity index (χ0v) is 11.6. The van der Waals surface area contributed by atoms with Gasteiger partial charge in [-0.25, -0.2) is 4.79 Å². The van der Waals surface area contributed by atoms with Gasteiger partial charge in [0.2, 0.25) is 0 Å². The Labute approximate surface area is 119 Å². The quantitative estimate of drug-likeness (QED) is 0.774. The Kier molecular flexibility index (Phi) is 3.67. The van der Waals surface area contributed by atoms with Crippen LogP contribution in [0.2, 0.25) is 0 Å². The van der Waals surface area contributed by atoms with Crippen molar-refractivity contribution in [3.8, 4) is 5.75 Å². The molecule has 5 heteroatoms. The van der Waals surface area contributed by atoms with Gasteiger partial charge < -0.3 is 15.8 Å². The highest BCUT2D eigenvalue weighted by atomic mass is 16.5. The summed E-state index contributed by atoms with van der Waals surface area (Å²) in [6.07, 6.45) is 5.86. The Balaban J connectivity index is 1.74. The van der Waals surface area contributed by atoms with Crippen LogP contribution in [-0.2, 0) is 0 Å². The Hall–Kier alpha value is -1.91. The number of nitrogen functional groups attached to an aromatic ring is 1. The number of nitrogens with two attached hydrogens (primary N) is 1. The molecule has 1 fully saturated rings. The van der Waals surface area contributed by atoms with Crippen molar-refractivity contribution in [3.05, 3.63) is 18.2 Å². The van der Waals surface area contributed by atoms with Gasteiger partial charge in [0.15, 0.2) is 0 Å². The number of nitrogens with one attached hydrogen (secondary N) is 1. The molecular formula is C15H21N3O2. The van der Waals surface area contributed by atoms with Gasteiger partial charge in [0.25, 0.3) is 0 Å². The molecule has 0 spiro atoms. The minimum absolute atomic E-state index is 0.0351. The molecule has 1 aliphatic carbocycles. The third-order valence-corrected chi connectivity index (χ3v) is 4.02. The van der Waals surface area contributed by atoms with Gasteiger partial charge in [-0.1, -0.05) is 19.3 Å². The molecule has 0 radical (unpaired) electrons. The van der Waals surface area contributed by atoms with Gasteiger partial charge in [0, 0.05) is 11.7 Å². The van der Waals surface area contributed by atoms with Crippen molar-refractivity contribution < 1.29 is 9.53 Å². The molecule has 1 aromatic carbocycles. The molecule has 1 saturated carbocycles. The van der Waals surface area contributed by atoms with Crippen molar-refractivity contribution in [1.29, 1.82) is 0 Å². The van der Waals surface area contributed by atoms with Gasteiger partial charge in [-0.05, 0) is 31.0 Å². The summed E-state index contributed by atoms with van der Waals surface area (Å²) >= 11 is 0. The fraction of sp³-hybridized carbons (Fsp3) is 0.533. The summed E-state index contributed by atoms with van der Waals surface area (Å²) in [4.78, 5) is 14.2. The molecule has 1 heterocycles. The molecule has 108 valence electrons. The molecule has 0 saturated heterocycles. The highest BCUT2D eigenvalue weighted by molar-refractivity contribution is 5.94. The molecule has 1 aliphatic heterocycles. The molecule has 0 aromatic heterocycles. The van der Waals surface area contributed by atoms with Crippen LogP contribution < -0.4 is 20.7 Å². The predicted octanol–water partition coefficient (Wildman–Crippen LogP) is 2.51. The second kappa shape index (κ2) is 5.61. The standard InChI is InChI=1S/C15H21N3O2/c16-11-6-7-14-13(10-11)18(8-9-20-14)15(19)17-12-4-2-1-3-5-12/h6-7,10,12H,1-5,8-9,16H2,(H,17,19). The first-order valence-corrected chi connectivity index (χ1v) is 7.34. The maximum Gasteiger partial charge on any atom is 0.322 e. The van der Waals surface area contributed by atoms with E-state index in [4.69, 9.17) is 10.5 Å². The summed E-state index contributed by atoms with van der Waals surface area (Å²) in [5, 5.41) is 3.14. The van der Waals surface area contributed by atoms with Crippen molar-refractivity contribution in [3.63, 3.8) is 0 Å². The number of benzene rings is 1. The summed E-state index contributed by atoms with van der Waals surface area (Å²) in [5.41, 5.74) is 7.23. The number of rotatable bonds is 1. The Bertz CT molecular complexity index is 498. The molecule has 3 rings (SSSR count). The van der Waals surface area contributed by atoms with Crippen LogP contribution in [0.3, 0.4) is 0 Å². The third kappa shape index (κ3) is 2.66. The number of urea groups is 1. The van der Waals surface area contributed by atoms with E-state index in [0.717, 1.165) is 24.3 Å². The van der Waals surface area contributed by atoms with E-state index in [9.17, 15) is 4.79 Å². The van der Waals surface area contributed by atoms with Gasteiger partial charge >= 0.3 is 6.03 Å². The Morgan fingerprint density at radius 2 is 2.10 bits per heavy atom. The average molecular weight is 275 g/mol. The van der Waals surface area contributed by atoms with Crippen molar-refractivity contribution in [1.82, 2.24) is 5.32 Å². The van der Waals surface area contributed by atoms with Crippen LogP contribution in [0.5, 0.6) is 5.75 Å². The van der Waals surface area contributed by atoms with Crippen LogP contribution in [0, 0.1) is 0 Å². The van der Waals surface area contributed by atoms with E-state index < -0.39 is 0 Å². The monoisotopic (exact) mass is 275 g/mol. The summed E-state index contributed by atoms with van der Waals surface area (Å²) in [6, 6.07) is 5.69. The predicted molar refractivity (Wildman–Crippen MR) is 79.1 cm³/mol. The van der Waals surface area contributed by atoms with Gasteiger partial charge in [-0.2, -0.15) is 0 Å². The number of amides is 2. The summed E-state index contributed by atoms with van der Waals surface area (Å²) in [7, 11) is 0. The number of ether oxygens (including phenoxy) is 1. The van der Waals surface area contributed by atoms with Gasteiger partial charge in [-0.3, -0.25) is 4.90 Å². The van der Waals surface area contributed by atoms with Crippen LogP contribution in [0.25, 0.3) is 0 Å². The number of anilines is 2. The first-order chi connectivity index (χ1) is 9.74. The van der Waals surface area contributed by atoms with E-state index in [2.05, 4.69) is 5.32 Å². The molecule has 5 nitrogen and oxygen atoms in total. The van der Waals surface area contributed by atoms with E-state index in [-0.39, 0.29) is 6.03 Å². The second-order valence-corrected chi connectivity index (χ2v) is 5.51. The molecular weight excluding hydrogens is 254 g/mol. The number of fused-ring (bicyclic) bond motifs is 1. The fourth-order valence-corrected chi connectivity index (χ4v) is 2.95. The number of nitrogens with zero attached hydrogens (tertiary/aromatic N) is 1. The lowest BCUT2D eigenvalue weighted by molar-refractivity contribution is 0.232. The Morgan fingerprint density at radius 1 is 1.30 bits per heavy atom. The van der Waals surface area contributed by atoms with E-state index in [0.29, 0.717) is 24.9 Å². The van der Waals surface area contributed by atoms with Crippen LogP contribution in [0.15, 0.2) is 18.2 Å². The van der Waals surface area contributed by atoms with E-state index in [1.54, 1.807) is 17.0 Å². The molecule has 1 aromatic rings. The average Bonchev–Trinajstić information content (AvgIpc) is 2.47. The lowest BCUT2D eigenvalue weighted by Gasteiger charge is -2.32. The van der Waals surface area contributed by atoms with Crippen molar-refractivity contribution >= 4 is 17.4 Å². The normalized spacial score (nSPS) is 19.1. The van der Waals surface area contributed by atoms with Gasteiger partial charge in [0.05, 0.1) is 12.2 Å². The summed E-state index contributed by atoms with van der Waals surface area (Å²) in [6.45, 7) is 1.09. The molecule has 2 aliphatic rings. The molecule has 0 unspecified atom stereocenters. The fourth-order valence-electron chi connectivity index (χ4n) is 2.95. The summed E-state index contributed by atoms with van der Waals surface area (Å²) < 4.78 is 5.57. The molecule has 2 amide bonds. The van der Waals surface area contributed by atoms with Crippen molar-refractivity contribution in [2.75, 3.05) is 23.8 Å². The first-order valence-electron chi connectivity index (χ1n) is 7.34. The molecule has 0 atom stereocenters. The smallest absolute Gasteiger partial charge is 0.322 e.